The molecule has 0 fully saturated rings. The van der Waals surface area contributed by atoms with Crippen LogP contribution in [-0.2, 0) is 0 Å². The van der Waals surface area contributed by atoms with Gasteiger partial charge in [-0.3, -0.25) is 4.79 Å². The van der Waals surface area contributed by atoms with Crippen LogP contribution in [0.5, 0.6) is 0 Å². The summed E-state index contributed by atoms with van der Waals surface area (Å²) in [5.41, 5.74) is 4.60. The number of fused-ring (bicyclic) bond motifs is 1. The lowest BCUT2D eigenvalue weighted by atomic mass is 10.0. The minimum absolute atomic E-state index is 0.0250. The van der Waals surface area contributed by atoms with E-state index in [-0.39, 0.29) is 11.9 Å². The zero-order valence-electron chi connectivity index (χ0n) is 14.6. The quantitative estimate of drug-likeness (QED) is 0.702. The monoisotopic (exact) mass is 318 g/mol. The summed E-state index contributed by atoms with van der Waals surface area (Å²) in [6.07, 6.45) is 0. The highest BCUT2D eigenvalue weighted by molar-refractivity contribution is 6.07. The summed E-state index contributed by atoms with van der Waals surface area (Å²) in [6, 6.07) is 18.1. The van der Waals surface area contributed by atoms with E-state index < -0.39 is 0 Å². The van der Waals surface area contributed by atoms with Crippen molar-refractivity contribution >= 4 is 16.8 Å². The number of amides is 1. The van der Waals surface area contributed by atoms with Crippen LogP contribution >= 0.6 is 0 Å². The number of pyridine rings is 1. The molecule has 3 rings (SSSR count). The Labute approximate surface area is 143 Å². The lowest BCUT2D eigenvalue weighted by molar-refractivity contribution is 0.0757. The fourth-order valence-electron chi connectivity index (χ4n) is 2.65. The smallest absolute Gasteiger partial charge is 0.254 e. The van der Waals surface area contributed by atoms with Crippen LogP contribution in [0.25, 0.3) is 22.2 Å². The highest BCUT2D eigenvalue weighted by Crippen LogP contribution is 2.26. The van der Waals surface area contributed by atoms with Crippen LogP contribution < -0.4 is 0 Å². The van der Waals surface area contributed by atoms with E-state index >= 15 is 0 Å². The van der Waals surface area contributed by atoms with Crippen molar-refractivity contribution in [1.82, 2.24) is 9.88 Å². The molecule has 0 bridgehead atoms. The first-order valence-electron chi connectivity index (χ1n) is 8.21. The number of hydrogen-bond donors (Lipinski definition) is 0. The van der Waals surface area contributed by atoms with Gasteiger partial charge in [-0.15, -0.1) is 0 Å². The average molecular weight is 318 g/mol. The Hall–Kier alpha value is -2.68. The maximum Gasteiger partial charge on any atom is 0.254 e. The predicted molar refractivity (Wildman–Crippen MR) is 99.1 cm³/mol. The lowest BCUT2D eigenvalue weighted by Gasteiger charge is -2.22. The normalized spacial score (nSPS) is 11.0. The molecule has 1 heterocycles. The van der Waals surface area contributed by atoms with E-state index in [1.165, 1.54) is 5.56 Å². The number of aromatic nitrogens is 1. The number of nitrogens with zero attached hydrogens (tertiary/aromatic N) is 2. The number of carbonyl (C=O) groups excluding carboxylic acids is 1. The van der Waals surface area contributed by atoms with Crippen LogP contribution in [0.15, 0.2) is 54.6 Å². The molecule has 0 aliphatic carbocycles. The van der Waals surface area contributed by atoms with Crippen LogP contribution in [0.3, 0.4) is 0 Å². The molecule has 0 saturated heterocycles. The zero-order chi connectivity index (χ0) is 17.3. The van der Waals surface area contributed by atoms with Crippen molar-refractivity contribution in [1.29, 1.82) is 0 Å². The number of aryl methyl sites for hydroxylation is 1. The van der Waals surface area contributed by atoms with Gasteiger partial charge in [0.05, 0.1) is 16.8 Å². The summed E-state index contributed by atoms with van der Waals surface area (Å²) >= 11 is 0. The van der Waals surface area contributed by atoms with Gasteiger partial charge in [-0.1, -0.05) is 48.0 Å². The van der Waals surface area contributed by atoms with Crippen LogP contribution in [0.2, 0.25) is 0 Å². The molecule has 1 amide bonds. The molecule has 0 saturated carbocycles. The van der Waals surface area contributed by atoms with E-state index in [2.05, 4.69) is 19.1 Å². The summed E-state index contributed by atoms with van der Waals surface area (Å²) in [6.45, 7) is 6.09. The van der Waals surface area contributed by atoms with Gasteiger partial charge in [-0.05, 0) is 32.9 Å². The Balaban J connectivity index is 2.20. The maximum absolute atomic E-state index is 12.9. The van der Waals surface area contributed by atoms with E-state index in [1.807, 2.05) is 63.4 Å². The van der Waals surface area contributed by atoms with Crippen LogP contribution in [0, 0.1) is 6.92 Å². The molecule has 0 atom stereocenters. The van der Waals surface area contributed by atoms with Gasteiger partial charge >= 0.3 is 0 Å². The molecule has 2 aromatic carbocycles. The molecular formula is C21H22N2O. The molecule has 24 heavy (non-hydrogen) atoms. The van der Waals surface area contributed by atoms with Crippen LogP contribution in [0.4, 0.5) is 0 Å². The first kappa shape index (κ1) is 16.2. The van der Waals surface area contributed by atoms with Gasteiger partial charge in [0.15, 0.2) is 0 Å². The van der Waals surface area contributed by atoms with E-state index in [9.17, 15) is 4.79 Å². The number of para-hydroxylation sites is 1. The fourth-order valence-corrected chi connectivity index (χ4v) is 2.65. The van der Waals surface area contributed by atoms with E-state index in [0.717, 1.165) is 22.2 Å². The third kappa shape index (κ3) is 3.02. The number of hydrogen-bond acceptors (Lipinski definition) is 2. The molecular weight excluding hydrogens is 296 g/mol. The molecule has 0 N–H and O–H groups in total. The number of carbonyl (C=O) groups is 1. The van der Waals surface area contributed by atoms with E-state index in [1.54, 1.807) is 4.90 Å². The summed E-state index contributed by atoms with van der Waals surface area (Å²) in [5.74, 6) is 0.0250. The van der Waals surface area contributed by atoms with Gasteiger partial charge in [-0.25, -0.2) is 4.98 Å². The number of rotatable bonds is 3. The van der Waals surface area contributed by atoms with Gasteiger partial charge in [0.2, 0.25) is 0 Å². The summed E-state index contributed by atoms with van der Waals surface area (Å²) < 4.78 is 0. The van der Waals surface area contributed by atoms with Crippen molar-refractivity contribution < 1.29 is 4.79 Å². The van der Waals surface area contributed by atoms with Crippen LogP contribution in [-0.4, -0.2) is 28.9 Å². The van der Waals surface area contributed by atoms with E-state index in [4.69, 9.17) is 4.98 Å². The third-order valence-corrected chi connectivity index (χ3v) is 4.39. The third-order valence-electron chi connectivity index (χ3n) is 4.39. The molecule has 3 heteroatoms. The molecule has 0 unspecified atom stereocenters. The fraction of sp³-hybridized carbons (Fsp3) is 0.238. The maximum atomic E-state index is 12.9. The van der Waals surface area contributed by atoms with Crippen LogP contribution in [0.1, 0.15) is 29.8 Å². The minimum Gasteiger partial charge on any atom is -0.339 e. The summed E-state index contributed by atoms with van der Waals surface area (Å²) in [4.78, 5) is 19.5. The SMILES string of the molecule is Cc1ccc(-c2cc(C(=O)N(C)C(C)C)c3ccccc3n2)cc1. The van der Waals surface area contributed by atoms with Crippen molar-refractivity contribution in [2.75, 3.05) is 7.05 Å². The Kier molecular flexibility index (Phi) is 4.34. The highest BCUT2D eigenvalue weighted by atomic mass is 16.2. The largest absolute Gasteiger partial charge is 0.339 e. The van der Waals surface area contributed by atoms with Crippen molar-refractivity contribution in [3.05, 3.63) is 65.7 Å². The molecule has 122 valence electrons. The van der Waals surface area contributed by atoms with Gasteiger partial charge < -0.3 is 4.90 Å². The summed E-state index contributed by atoms with van der Waals surface area (Å²) in [7, 11) is 1.84. The molecule has 0 aliphatic heterocycles. The Morgan fingerprint density at radius 1 is 1.04 bits per heavy atom. The topological polar surface area (TPSA) is 33.2 Å². The second-order valence-electron chi connectivity index (χ2n) is 6.45. The molecule has 1 aromatic heterocycles. The first-order valence-corrected chi connectivity index (χ1v) is 8.21. The van der Waals surface area contributed by atoms with Crippen molar-refractivity contribution in [2.45, 2.75) is 26.8 Å². The second-order valence-corrected chi connectivity index (χ2v) is 6.45. The highest BCUT2D eigenvalue weighted by Gasteiger charge is 2.19. The predicted octanol–water partition coefficient (Wildman–Crippen LogP) is 4.69. The van der Waals surface area contributed by atoms with Crippen molar-refractivity contribution in [3.8, 4) is 11.3 Å². The van der Waals surface area contributed by atoms with Gasteiger partial charge in [0, 0.05) is 24.0 Å². The molecule has 0 radical (unpaired) electrons. The standard InChI is InChI=1S/C21H22N2O/c1-14(2)23(4)21(24)18-13-20(16-11-9-15(3)10-12-16)22-19-8-6-5-7-17(18)19/h5-14H,1-4H3. The van der Waals surface area contributed by atoms with E-state index in [0.29, 0.717) is 5.56 Å². The number of benzene rings is 2. The average Bonchev–Trinajstić information content (AvgIpc) is 2.60. The molecule has 0 spiro atoms. The van der Waals surface area contributed by atoms with Gasteiger partial charge in [-0.2, -0.15) is 0 Å². The van der Waals surface area contributed by atoms with Gasteiger partial charge in [0.25, 0.3) is 5.91 Å². The molecule has 0 aliphatic rings. The zero-order valence-corrected chi connectivity index (χ0v) is 14.6. The molecule has 3 nitrogen and oxygen atoms in total. The Morgan fingerprint density at radius 2 is 1.71 bits per heavy atom. The van der Waals surface area contributed by atoms with Crippen molar-refractivity contribution in [2.24, 2.45) is 0 Å². The second kappa shape index (κ2) is 6.44. The minimum atomic E-state index is 0.0250. The first-order chi connectivity index (χ1) is 11.5. The summed E-state index contributed by atoms with van der Waals surface area (Å²) in [5, 5.41) is 0.894. The van der Waals surface area contributed by atoms with Crippen molar-refractivity contribution in [3.63, 3.8) is 0 Å². The lowest BCUT2D eigenvalue weighted by Crippen LogP contribution is -2.33. The van der Waals surface area contributed by atoms with Gasteiger partial charge in [0.1, 0.15) is 0 Å². The Morgan fingerprint density at radius 3 is 2.38 bits per heavy atom. The molecule has 3 aromatic rings. The Bertz CT molecular complexity index is 882.